The molecule has 2 aliphatic rings. The van der Waals surface area contributed by atoms with Crippen molar-refractivity contribution in [2.24, 2.45) is 11.8 Å². The molecule has 1 aliphatic heterocycles. The number of benzene rings is 1. The highest BCUT2D eigenvalue weighted by atomic mass is 16.6. The Bertz CT molecular complexity index is 715. The number of likely N-dealkylation sites (tertiary alicyclic amines) is 1. The zero-order valence-corrected chi connectivity index (χ0v) is 12.7. The third kappa shape index (κ3) is 2.90. The molecule has 0 spiro atoms. The summed E-state index contributed by atoms with van der Waals surface area (Å²) in [5, 5.41) is 13.1. The molecule has 24 heavy (non-hydrogen) atoms. The third-order valence-corrected chi connectivity index (χ3v) is 4.26. The van der Waals surface area contributed by atoms with Gasteiger partial charge in [-0.15, -0.1) is 0 Å². The van der Waals surface area contributed by atoms with Crippen LogP contribution in [-0.2, 0) is 14.4 Å². The maximum atomic E-state index is 12.3. The number of nitrogens with one attached hydrogen (secondary N) is 1. The van der Waals surface area contributed by atoms with Gasteiger partial charge < -0.3 is 5.32 Å². The number of anilines is 1. The van der Waals surface area contributed by atoms with Gasteiger partial charge in [0, 0.05) is 17.8 Å². The van der Waals surface area contributed by atoms with Crippen molar-refractivity contribution in [2.75, 3.05) is 11.9 Å². The molecule has 1 aromatic rings. The second-order valence-corrected chi connectivity index (χ2v) is 5.77. The molecule has 1 fully saturated rings. The molecule has 0 unspecified atom stereocenters. The Kier molecular flexibility index (Phi) is 4.11. The third-order valence-electron chi connectivity index (χ3n) is 4.26. The molecular weight excluding hydrogens is 314 g/mol. The van der Waals surface area contributed by atoms with Crippen molar-refractivity contribution >= 4 is 29.1 Å². The molecule has 1 aliphatic carbocycles. The summed E-state index contributed by atoms with van der Waals surface area (Å²) in [4.78, 5) is 47.7. The molecule has 8 heteroatoms. The Balaban J connectivity index is 1.63. The van der Waals surface area contributed by atoms with Crippen LogP contribution in [0.15, 0.2) is 36.4 Å². The molecule has 3 rings (SSSR count). The highest BCUT2D eigenvalue weighted by molar-refractivity contribution is 6.08. The van der Waals surface area contributed by atoms with Crippen LogP contribution >= 0.6 is 0 Å². The van der Waals surface area contributed by atoms with Gasteiger partial charge in [-0.3, -0.25) is 29.4 Å². The number of rotatable bonds is 4. The molecule has 0 aromatic heterocycles. The zero-order chi connectivity index (χ0) is 17.3. The van der Waals surface area contributed by atoms with Gasteiger partial charge in [-0.1, -0.05) is 12.2 Å². The number of carbonyl (C=O) groups excluding carboxylic acids is 3. The van der Waals surface area contributed by atoms with Crippen LogP contribution in [0.25, 0.3) is 0 Å². The average molecular weight is 329 g/mol. The average Bonchev–Trinajstić information content (AvgIpc) is 2.81. The van der Waals surface area contributed by atoms with E-state index in [2.05, 4.69) is 5.32 Å². The number of hydrogen-bond acceptors (Lipinski definition) is 5. The van der Waals surface area contributed by atoms with E-state index < -0.39 is 10.8 Å². The van der Waals surface area contributed by atoms with Gasteiger partial charge in [-0.2, -0.15) is 0 Å². The zero-order valence-electron chi connectivity index (χ0n) is 12.7. The van der Waals surface area contributed by atoms with Crippen LogP contribution in [0.5, 0.6) is 0 Å². The summed E-state index contributed by atoms with van der Waals surface area (Å²) in [6.07, 6.45) is 4.81. The second kappa shape index (κ2) is 6.23. The van der Waals surface area contributed by atoms with Crippen molar-refractivity contribution in [1.82, 2.24) is 4.90 Å². The van der Waals surface area contributed by atoms with Crippen molar-refractivity contribution in [3.8, 4) is 0 Å². The van der Waals surface area contributed by atoms with E-state index in [1.54, 1.807) is 0 Å². The van der Waals surface area contributed by atoms with E-state index in [1.807, 2.05) is 12.2 Å². The minimum Gasteiger partial charge on any atom is -0.325 e. The van der Waals surface area contributed by atoms with Crippen LogP contribution in [0, 0.1) is 22.0 Å². The molecule has 1 N–H and O–H groups in total. The number of fused-ring (bicyclic) bond motifs is 1. The highest BCUT2D eigenvalue weighted by Crippen LogP contribution is 2.34. The van der Waals surface area contributed by atoms with E-state index in [-0.39, 0.29) is 35.9 Å². The summed E-state index contributed by atoms with van der Waals surface area (Å²) in [6, 6.07) is 5.32. The number of nitro benzene ring substituents is 1. The summed E-state index contributed by atoms with van der Waals surface area (Å²) < 4.78 is 0. The highest BCUT2D eigenvalue weighted by Gasteiger charge is 2.47. The van der Waals surface area contributed by atoms with Gasteiger partial charge in [0.1, 0.15) is 6.54 Å². The lowest BCUT2D eigenvalue weighted by atomic mass is 9.85. The van der Waals surface area contributed by atoms with Gasteiger partial charge >= 0.3 is 0 Å². The van der Waals surface area contributed by atoms with E-state index >= 15 is 0 Å². The number of imide groups is 1. The summed E-state index contributed by atoms with van der Waals surface area (Å²) in [6.45, 7) is -0.346. The number of hydrogen-bond donors (Lipinski definition) is 1. The fourth-order valence-corrected chi connectivity index (χ4v) is 3.04. The van der Waals surface area contributed by atoms with Crippen molar-refractivity contribution in [3.05, 3.63) is 46.5 Å². The Morgan fingerprint density at radius 3 is 2.17 bits per heavy atom. The van der Waals surface area contributed by atoms with E-state index in [1.165, 1.54) is 24.3 Å². The standard InChI is InChI=1S/C16H15N3O5/c20-14(17-10-5-7-11(8-6-10)19(23)24)9-18-15(21)12-3-1-2-4-13(12)16(18)22/h1-2,5-8,12-13H,3-4,9H2,(H,17,20)/t12-,13-/m0/s1. The molecule has 2 atom stereocenters. The fourth-order valence-electron chi connectivity index (χ4n) is 3.04. The Hall–Kier alpha value is -3.03. The molecule has 1 saturated heterocycles. The van der Waals surface area contributed by atoms with Crippen LogP contribution in [0.1, 0.15) is 12.8 Å². The smallest absolute Gasteiger partial charge is 0.269 e. The number of nitrogens with zero attached hydrogens (tertiary/aromatic N) is 2. The van der Waals surface area contributed by atoms with E-state index in [0.717, 1.165) is 4.90 Å². The minimum atomic E-state index is -0.539. The molecule has 0 saturated carbocycles. The number of non-ortho nitro benzene ring substituents is 1. The van der Waals surface area contributed by atoms with Gasteiger partial charge in [0.2, 0.25) is 17.7 Å². The maximum Gasteiger partial charge on any atom is 0.269 e. The number of carbonyl (C=O) groups is 3. The molecule has 1 heterocycles. The molecular formula is C16H15N3O5. The van der Waals surface area contributed by atoms with Gasteiger partial charge in [-0.05, 0) is 25.0 Å². The Morgan fingerprint density at radius 1 is 1.12 bits per heavy atom. The van der Waals surface area contributed by atoms with Gasteiger partial charge in [0.05, 0.1) is 16.8 Å². The van der Waals surface area contributed by atoms with Crippen molar-refractivity contribution in [2.45, 2.75) is 12.8 Å². The summed E-state index contributed by atoms with van der Waals surface area (Å²) in [5.74, 6) is -1.87. The summed E-state index contributed by atoms with van der Waals surface area (Å²) in [7, 11) is 0. The van der Waals surface area contributed by atoms with Crippen LogP contribution in [0.3, 0.4) is 0 Å². The number of allylic oxidation sites excluding steroid dienone is 2. The van der Waals surface area contributed by atoms with Gasteiger partial charge in [-0.25, -0.2) is 0 Å². The largest absolute Gasteiger partial charge is 0.325 e. The lowest BCUT2D eigenvalue weighted by molar-refractivity contribution is -0.384. The first-order valence-corrected chi connectivity index (χ1v) is 7.52. The van der Waals surface area contributed by atoms with Crippen LogP contribution in [-0.4, -0.2) is 34.1 Å². The van der Waals surface area contributed by atoms with Crippen LogP contribution in [0.2, 0.25) is 0 Å². The van der Waals surface area contributed by atoms with Crippen molar-refractivity contribution < 1.29 is 19.3 Å². The molecule has 3 amide bonds. The summed E-state index contributed by atoms with van der Waals surface area (Å²) >= 11 is 0. The molecule has 1 aromatic carbocycles. The normalized spacial score (nSPS) is 22.4. The Morgan fingerprint density at radius 2 is 1.67 bits per heavy atom. The van der Waals surface area contributed by atoms with E-state index in [9.17, 15) is 24.5 Å². The maximum absolute atomic E-state index is 12.3. The van der Waals surface area contributed by atoms with E-state index in [0.29, 0.717) is 18.5 Å². The lowest BCUT2D eigenvalue weighted by Gasteiger charge is -2.14. The quantitative estimate of drug-likeness (QED) is 0.389. The SMILES string of the molecule is O=C(CN1C(=O)[C@H]2CC=CC[C@@H]2C1=O)Nc1ccc([N+](=O)[O-])cc1. The molecule has 124 valence electrons. The predicted octanol–water partition coefficient (Wildman–Crippen LogP) is 1.48. The number of nitro groups is 1. The molecule has 0 radical (unpaired) electrons. The van der Waals surface area contributed by atoms with Gasteiger partial charge in [0.25, 0.3) is 5.69 Å². The number of amides is 3. The van der Waals surface area contributed by atoms with Crippen molar-refractivity contribution in [3.63, 3.8) is 0 Å². The molecule has 8 nitrogen and oxygen atoms in total. The van der Waals surface area contributed by atoms with Crippen LogP contribution in [0.4, 0.5) is 11.4 Å². The summed E-state index contributed by atoms with van der Waals surface area (Å²) in [5.41, 5.74) is 0.276. The minimum absolute atomic E-state index is 0.0885. The predicted molar refractivity (Wildman–Crippen MR) is 83.8 cm³/mol. The fraction of sp³-hybridized carbons (Fsp3) is 0.312. The van der Waals surface area contributed by atoms with Gasteiger partial charge in [0.15, 0.2) is 0 Å². The topological polar surface area (TPSA) is 110 Å². The first-order chi connectivity index (χ1) is 11.5. The Labute approximate surface area is 137 Å². The van der Waals surface area contributed by atoms with Crippen molar-refractivity contribution in [1.29, 1.82) is 0 Å². The monoisotopic (exact) mass is 329 g/mol. The first-order valence-electron chi connectivity index (χ1n) is 7.52. The lowest BCUT2D eigenvalue weighted by Crippen LogP contribution is -2.38. The first kappa shape index (κ1) is 15.9. The van der Waals surface area contributed by atoms with Crippen LogP contribution < -0.4 is 5.32 Å². The second-order valence-electron chi connectivity index (χ2n) is 5.77. The van der Waals surface area contributed by atoms with E-state index in [4.69, 9.17) is 0 Å². The molecule has 0 bridgehead atoms.